The molecule has 1 aliphatic rings. The van der Waals surface area contributed by atoms with E-state index in [1.807, 2.05) is 43.8 Å². The highest BCUT2D eigenvalue weighted by molar-refractivity contribution is 5.96. The first-order valence-electron chi connectivity index (χ1n) is 11.4. The fourth-order valence-corrected chi connectivity index (χ4v) is 4.64. The number of nitrogens with zero attached hydrogens (tertiary/aromatic N) is 5. The lowest BCUT2D eigenvalue weighted by Gasteiger charge is -2.14. The first-order chi connectivity index (χ1) is 16.4. The Hall–Kier alpha value is -3.83. The van der Waals surface area contributed by atoms with Crippen LogP contribution >= 0.6 is 0 Å². The van der Waals surface area contributed by atoms with Crippen molar-refractivity contribution in [2.45, 2.75) is 20.3 Å². The summed E-state index contributed by atoms with van der Waals surface area (Å²) in [7, 11) is 1.93. The molecule has 0 amide bonds. The van der Waals surface area contributed by atoms with Crippen LogP contribution in [0.1, 0.15) is 17.8 Å². The summed E-state index contributed by atoms with van der Waals surface area (Å²) < 4.78 is 16.4. The highest BCUT2D eigenvalue weighted by atomic mass is 19.1. The van der Waals surface area contributed by atoms with Gasteiger partial charge in [0.15, 0.2) is 0 Å². The monoisotopic (exact) mass is 455 g/mol. The quantitative estimate of drug-likeness (QED) is 0.413. The molecule has 0 saturated carbocycles. The van der Waals surface area contributed by atoms with E-state index in [-0.39, 0.29) is 5.69 Å². The van der Waals surface area contributed by atoms with E-state index in [0.29, 0.717) is 23.1 Å². The van der Waals surface area contributed by atoms with Crippen LogP contribution in [0.15, 0.2) is 36.4 Å². The minimum Gasteiger partial charge on any atom is -0.354 e. The van der Waals surface area contributed by atoms with Gasteiger partial charge in [-0.25, -0.2) is 19.2 Å². The Morgan fingerprint density at radius 1 is 1.18 bits per heavy atom. The molecule has 3 heterocycles. The number of aryl methyl sites for hydroxylation is 2. The number of fused-ring (bicyclic) bond motifs is 1. The molecule has 34 heavy (non-hydrogen) atoms. The number of nitrogens with one attached hydrogen (secondary N) is 2. The highest BCUT2D eigenvalue weighted by Gasteiger charge is 2.18. The molecule has 1 fully saturated rings. The Labute approximate surface area is 197 Å². The van der Waals surface area contributed by atoms with E-state index in [4.69, 9.17) is 16.5 Å². The zero-order chi connectivity index (χ0) is 23.8. The number of benzene rings is 2. The predicted octanol–water partition coefficient (Wildman–Crippen LogP) is 5.03. The standard InChI is InChI=1S/C26H26FN7/c1-15-24(16(2)34(4)33-15)18-5-7-22-20(11-18)25(19-6-8-23(28-3)21(27)12-19)32-26(31-22)30-14-17-9-10-29-13-17/h5-8,11-12,17,29H,9-10,13-14H2,1-2,4H3,(H,30,31,32)/t17-/m0/s1. The van der Waals surface area contributed by atoms with Crippen LogP contribution in [0, 0.1) is 32.2 Å². The molecule has 2 aromatic carbocycles. The van der Waals surface area contributed by atoms with Gasteiger partial charge in [-0.3, -0.25) is 4.68 Å². The van der Waals surface area contributed by atoms with Gasteiger partial charge in [-0.15, -0.1) is 0 Å². The van der Waals surface area contributed by atoms with E-state index in [0.717, 1.165) is 59.5 Å². The van der Waals surface area contributed by atoms with Crippen molar-refractivity contribution in [2.75, 3.05) is 25.0 Å². The Bertz CT molecular complexity index is 1430. The summed E-state index contributed by atoms with van der Waals surface area (Å²) >= 11 is 0. The molecular weight excluding hydrogens is 429 g/mol. The van der Waals surface area contributed by atoms with Gasteiger partial charge in [-0.05, 0) is 63.0 Å². The topological polar surface area (TPSA) is 72.0 Å². The molecule has 1 saturated heterocycles. The minimum atomic E-state index is -0.555. The van der Waals surface area contributed by atoms with Crippen molar-refractivity contribution in [1.82, 2.24) is 25.1 Å². The Morgan fingerprint density at radius 2 is 2.00 bits per heavy atom. The van der Waals surface area contributed by atoms with Crippen LogP contribution in [0.25, 0.3) is 38.1 Å². The summed E-state index contributed by atoms with van der Waals surface area (Å²) in [4.78, 5) is 12.8. The summed E-state index contributed by atoms with van der Waals surface area (Å²) in [5.74, 6) is 0.489. The Balaban J connectivity index is 1.65. The lowest BCUT2D eigenvalue weighted by molar-refractivity contribution is 0.613. The van der Waals surface area contributed by atoms with E-state index < -0.39 is 5.82 Å². The maximum atomic E-state index is 14.6. The Kier molecular flexibility index (Phi) is 5.72. The fourth-order valence-electron chi connectivity index (χ4n) is 4.64. The molecular formula is C26H26FN7. The van der Waals surface area contributed by atoms with Gasteiger partial charge in [0, 0.05) is 35.8 Å². The van der Waals surface area contributed by atoms with Gasteiger partial charge in [0.05, 0.1) is 23.5 Å². The second kappa shape index (κ2) is 8.84. The van der Waals surface area contributed by atoms with Gasteiger partial charge in [-0.1, -0.05) is 18.2 Å². The van der Waals surface area contributed by atoms with Crippen LogP contribution in [-0.2, 0) is 7.05 Å². The third-order valence-corrected chi connectivity index (χ3v) is 6.55. The number of anilines is 1. The summed E-state index contributed by atoms with van der Waals surface area (Å²) in [5.41, 5.74) is 6.10. The maximum Gasteiger partial charge on any atom is 0.223 e. The van der Waals surface area contributed by atoms with Crippen molar-refractivity contribution in [3.05, 3.63) is 65.0 Å². The molecule has 0 aliphatic carbocycles. The zero-order valence-electron chi connectivity index (χ0n) is 19.5. The molecule has 5 rings (SSSR count). The van der Waals surface area contributed by atoms with E-state index in [1.165, 1.54) is 12.1 Å². The highest BCUT2D eigenvalue weighted by Crippen LogP contribution is 2.35. The summed E-state index contributed by atoms with van der Waals surface area (Å²) in [6, 6.07) is 10.7. The van der Waals surface area contributed by atoms with E-state index in [2.05, 4.69) is 20.6 Å². The van der Waals surface area contributed by atoms with Crippen molar-refractivity contribution >= 4 is 22.5 Å². The van der Waals surface area contributed by atoms with Crippen LogP contribution in [0.5, 0.6) is 0 Å². The largest absolute Gasteiger partial charge is 0.354 e. The van der Waals surface area contributed by atoms with Crippen LogP contribution in [-0.4, -0.2) is 39.4 Å². The smallest absolute Gasteiger partial charge is 0.223 e. The molecule has 2 aromatic heterocycles. The fraction of sp³-hybridized carbons (Fsp3) is 0.308. The lowest BCUT2D eigenvalue weighted by Crippen LogP contribution is -2.18. The molecule has 2 N–H and O–H groups in total. The molecule has 1 aliphatic heterocycles. The number of aromatic nitrogens is 4. The molecule has 172 valence electrons. The lowest BCUT2D eigenvalue weighted by atomic mass is 9.99. The van der Waals surface area contributed by atoms with Crippen molar-refractivity contribution in [1.29, 1.82) is 0 Å². The number of halogens is 1. The number of rotatable bonds is 5. The third kappa shape index (κ3) is 3.99. The summed E-state index contributed by atoms with van der Waals surface area (Å²) in [5, 5.41) is 12.1. The molecule has 0 spiro atoms. The van der Waals surface area contributed by atoms with Gasteiger partial charge in [0.25, 0.3) is 0 Å². The average Bonchev–Trinajstić information content (AvgIpc) is 3.44. The van der Waals surface area contributed by atoms with E-state index >= 15 is 0 Å². The van der Waals surface area contributed by atoms with Gasteiger partial charge < -0.3 is 10.6 Å². The summed E-state index contributed by atoms with van der Waals surface area (Å²) in [6.07, 6.45) is 1.11. The van der Waals surface area contributed by atoms with E-state index in [9.17, 15) is 4.39 Å². The van der Waals surface area contributed by atoms with Crippen LogP contribution in [0.2, 0.25) is 0 Å². The van der Waals surface area contributed by atoms with Crippen molar-refractivity contribution in [3.8, 4) is 22.4 Å². The Morgan fingerprint density at radius 3 is 2.68 bits per heavy atom. The van der Waals surface area contributed by atoms with Crippen molar-refractivity contribution in [2.24, 2.45) is 13.0 Å². The molecule has 0 unspecified atom stereocenters. The van der Waals surface area contributed by atoms with Gasteiger partial charge >= 0.3 is 0 Å². The maximum absolute atomic E-state index is 14.6. The first-order valence-corrected chi connectivity index (χ1v) is 11.4. The average molecular weight is 456 g/mol. The number of hydrogen-bond donors (Lipinski definition) is 2. The number of hydrogen-bond acceptors (Lipinski definition) is 5. The molecule has 0 bridgehead atoms. The van der Waals surface area contributed by atoms with Crippen molar-refractivity contribution < 1.29 is 4.39 Å². The van der Waals surface area contributed by atoms with E-state index in [1.54, 1.807) is 6.07 Å². The minimum absolute atomic E-state index is 0.00325. The SMILES string of the molecule is [C-]#[N+]c1ccc(-c2nc(NC[C@H]3CCNC3)nc3ccc(-c4c(C)nn(C)c4C)cc23)cc1F. The van der Waals surface area contributed by atoms with Crippen LogP contribution in [0.4, 0.5) is 16.0 Å². The van der Waals surface area contributed by atoms with Gasteiger partial charge in [0.2, 0.25) is 11.6 Å². The van der Waals surface area contributed by atoms with Crippen LogP contribution in [0.3, 0.4) is 0 Å². The molecule has 4 aromatic rings. The van der Waals surface area contributed by atoms with Crippen molar-refractivity contribution in [3.63, 3.8) is 0 Å². The van der Waals surface area contributed by atoms with Gasteiger partial charge in [-0.2, -0.15) is 5.10 Å². The first kappa shape index (κ1) is 22.0. The molecule has 8 heteroatoms. The zero-order valence-corrected chi connectivity index (χ0v) is 19.5. The van der Waals surface area contributed by atoms with Crippen LogP contribution < -0.4 is 10.6 Å². The molecule has 0 radical (unpaired) electrons. The predicted molar refractivity (Wildman–Crippen MR) is 132 cm³/mol. The summed E-state index contributed by atoms with van der Waals surface area (Å²) in [6.45, 7) is 14.0. The van der Waals surface area contributed by atoms with Gasteiger partial charge in [0.1, 0.15) is 5.82 Å². The normalized spacial score (nSPS) is 15.6. The molecule has 1 atom stereocenters. The second-order valence-electron chi connectivity index (χ2n) is 8.81. The third-order valence-electron chi connectivity index (χ3n) is 6.55. The second-order valence-corrected chi connectivity index (χ2v) is 8.81. The molecule has 7 nitrogen and oxygen atoms in total.